The van der Waals surface area contributed by atoms with Crippen LogP contribution in [0, 0.1) is 5.82 Å². The van der Waals surface area contributed by atoms with Gasteiger partial charge in [-0.15, -0.1) is 0 Å². The number of likely N-dealkylation sites (tertiary alicyclic amines) is 1. The molecule has 36 heavy (non-hydrogen) atoms. The summed E-state index contributed by atoms with van der Waals surface area (Å²) in [5.74, 6) is 0.836. The Labute approximate surface area is 214 Å². The molecule has 0 aliphatic carbocycles. The molecule has 0 N–H and O–H groups in total. The summed E-state index contributed by atoms with van der Waals surface area (Å²) in [6, 6.07) is 17.3. The van der Waals surface area contributed by atoms with Crippen molar-refractivity contribution >= 4 is 14.2 Å². The molecule has 1 aliphatic heterocycles. The van der Waals surface area contributed by atoms with Gasteiger partial charge in [0, 0.05) is 45.4 Å². The van der Waals surface area contributed by atoms with E-state index in [1.54, 1.807) is 11.0 Å². The average Bonchev–Trinajstić information content (AvgIpc) is 3.30. The number of benzene rings is 2. The third kappa shape index (κ3) is 7.27. The van der Waals surface area contributed by atoms with E-state index in [0.717, 1.165) is 41.5 Å². The van der Waals surface area contributed by atoms with Gasteiger partial charge in [-0.3, -0.25) is 0 Å². The van der Waals surface area contributed by atoms with E-state index in [0.29, 0.717) is 26.4 Å². The van der Waals surface area contributed by atoms with Crippen LogP contribution in [0.2, 0.25) is 25.7 Å². The summed E-state index contributed by atoms with van der Waals surface area (Å²) >= 11 is 0. The molecule has 1 aromatic heterocycles. The Morgan fingerprint density at radius 2 is 1.83 bits per heavy atom. The molecular weight excluding hydrogens is 473 g/mol. The second kappa shape index (κ2) is 11.8. The zero-order chi connectivity index (χ0) is 25.5. The summed E-state index contributed by atoms with van der Waals surface area (Å²) in [5.41, 5.74) is 2.46. The van der Waals surface area contributed by atoms with Crippen molar-refractivity contribution in [2.75, 3.05) is 19.7 Å². The second-order valence-corrected chi connectivity index (χ2v) is 16.2. The zero-order valence-corrected chi connectivity index (χ0v) is 22.5. The first-order valence-corrected chi connectivity index (χ1v) is 16.4. The molecule has 0 radical (unpaired) electrons. The number of rotatable bonds is 9. The van der Waals surface area contributed by atoms with E-state index in [-0.39, 0.29) is 24.4 Å². The Kier molecular flexibility index (Phi) is 8.58. The van der Waals surface area contributed by atoms with Crippen molar-refractivity contribution in [3.05, 3.63) is 78.0 Å². The highest BCUT2D eigenvalue weighted by Crippen LogP contribution is 2.31. The molecule has 0 atom stereocenters. The number of imidazole rings is 1. The zero-order valence-electron chi connectivity index (χ0n) is 21.5. The molecule has 0 spiro atoms. The molecule has 0 unspecified atom stereocenters. The van der Waals surface area contributed by atoms with Crippen LogP contribution in [0.1, 0.15) is 30.1 Å². The van der Waals surface area contributed by atoms with Gasteiger partial charge >= 0.3 is 6.09 Å². The monoisotopic (exact) mass is 509 g/mol. The molecule has 4 rings (SSSR count). The Morgan fingerprint density at radius 1 is 1.08 bits per heavy atom. The van der Waals surface area contributed by atoms with Crippen molar-refractivity contribution in [3.8, 4) is 11.3 Å². The largest absolute Gasteiger partial charge is 0.445 e. The van der Waals surface area contributed by atoms with Crippen molar-refractivity contribution in [1.29, 1.82) is 0 Å². The van der Waals surface area contributed by atoms with E-state index in [4.69, 9.17) is 14.5 Å². The Hall–Kier alpha value is -2.97. The van der Waals surface area contributed by atoms with Gasteiger partial charge in [0.2, 0.25) is 0 Å². The maximum Gasteiger partial charge on any atom is 0.410 e. The fraction of sp³-hybridized carbons (Fsp3) is 0.429. The molecule has 1 aliphatic rings. The van der Waals surface area contributed by atoms with Crippen LogP contribution in [0.15, 0.2) is 60.8 Å². The summed E-state index contributed by atoms with van der Waals surface area (Å²) in [7, 11) is -1.18. The van der Waals surface area contributed by atoms with E-state index < -0.39 is 8.07 Å². The van der Waals surface area contributed by atoms with Crippen LogP contribution in [0.25, 0.3) is 11.3 Å². The number of hydrogen-bond donors (Lipinski definition) is 0. The number of piperidine rings is 1. The molecular formula is C28H36FN3O3Si. The Bertz CT molecular complexity index is 1140. The van der Waals surface area contributed by atoms with Gasteiger partial charge in [0.1, 0.15) is 25.0 Å². The van der Waals surface area contributed by atoms with Crippen molar-refractivity contribution in [2.45, 2.75) is 57.8 Å². The summed E-state index contributed by atoms with van der Waals surface area (Å²) in [6.45, 7) is 9.62. The lowest BCUT2D eigenvalue weighted by molar-refractivity contribution is 0.0777. The van der Waals surface area contributed by atoms with E-state index in [1.165, 1.54) is 12.1 Å². The van der Waals surface area contributed by atoms with Crippen LogP contribution in [-0.4, -0.2) is 48.3 Å². The van der Waals surface area contributed by atoms with Gasteiger partial charge in [0.05, 0.1) is 5.69 Å². The highest BCUT2D eigenvalue weighted by Gasteiger charge is 2.28. The van der Waals surface area contributed by atoms with Gasteiger partial charge in [-0.25, -0.2) is 14.2 Å². The highest BCUT2D eigenvalue weighted by molar-refractivity contribution is 6.76. The number of halogens is 1. The second-order valence-electron chi connectivity index (χ2n) is 10.6. The quantitative estimate of drug-likeness (QED) is 0.243. The predicted octanol–water partition coefficient (Wildman–Crippen LogP) is 6.52. The molecule has 0 bridgehead atoms. The average molecular weight is 510 g/mol. The van der Waals surface area contributed by atoms with Gasteiger partial charge in [0.15, 0.2) is 0 Å². The molecule has 1 saturated heterocycles. The first-order valence-electron chi connectivity index (χ1n) is 12.6. The predicted molar refractivity (Wildman–Crippen MR) is 142 cm³/mol. The molecule has 192 valence electrons. The van der Waals surface area contributed by atoms with Crippen LogP contribution in [0.4, 0.5) is 9.18 Å². The topological polar surface area (TPSA) is 56.6 Å². The van der Waals surface area contributed by atoms with E-state index in [9.17, 15) is 9.18 Å². The van der Waals surface area contributed by atoms with Crippen molar-refractivity contribution < 1.29 is 18.7 Å². The Morgan fingerprint density at radius 3 is 2.53 bits per heavy atom. The smallest absolute Gasteiger partial charge is 0.410 e. The van der Waals surface area contributed by atoms with E-state index >= 15 is 0 Å². The number of aromatic nitrogens is 2. The third-order valence-electron chi connectivity index (χ3n) is 6.48. The molecule has 1 amide bonds. The standard InChI is InChI=1S/C28H36FN3O3Si/c1-36(2,3)17-16-34-21-32-19-26(24-10-7-11-25(29)18-24)30-27(32)23-12-14-31(15-13-23)28(33)35-20-22-8-5-4-6-9-22/h4-11,18-19,23H,12-17,20-21H2,1-3H3. The number of amides is 1. The minimum Gasteiger partial charge on any atom is -0.445 e. The summed E-state index contributed by atoms with van der Waals surface area (Å²) in [6.07, 6.45) is 3.25. The van der Waals surface area contributed by atoms with Gasteiger partial charge in [-0.1, -0.05) is 62.1 Å². The molecule has 0 saturated carbocycles. The molecule has 6 nitrogen and oxygen atoms in total. The van der Waals surface area contributed by atoms with Crippen LogP contribution < -0.4 is 0 Å². The van der Waals surface area contributed by atoms with Gasteiger partial charge < -0.3 is 18.9 Å². The molecule has 3 aromatic rings. The normalized spacial score (nSPS) is 14.7. The number of hydrogen-bond acceptors (Lipinski definition) is 4. The lowest BCUT2D eigenvalue weighted by Crippen LogP contribution is -2.38. The Balaban J connectivity index is 1.41. The minimum atomic E-state index is -1.18. The number of nitrogens with zero attached hydrogens (tertiary/aromatic N) is 3. The number of ether oxygens (including phenoxy) is 2. The van der Waals surface area contributed by atoms with Crippen LogP contribution in [0.5, 0.6) is 0 Å². The lowest BCUT2D eigenvalue weighted by atomic mass is 9.96. The first-order chi connectivity index (χ1) is 17.3. The van der Waals surface area contributed by atoms with Crippen LogP contribution >= 0.6 is 0 Å². The summed E-state index contributed by atoms with van der Waals surface area (Å²) < 4.78 is 27.5. The molecule has 8 heteroatoms. The number of carbonyl (C=O) groups is 1. The van der Waals surface area contributed by atoms with Gasteiger partial charge in [0.25, 0.3) is 0 Å². The van der Waals surface area contributed by atoms with E-state index in [2.05, 4.69) is 24.2 Å². The van der Waals surface area contributed by atoms with Crippen LogP contribution in [0.3, 0.4) is 0 Å². The van der Waals surface area contributed by atoms with Crippen molar-refractivity contribution in [1.82, 2.24) is 14.5 Å². The first kappa shape index (κ1) is 26.1. The maximum atomic E-state index is 13.9. The highest BCUT2D eigenvalue weighted by atomic mass is 28.3. The third-order valence-corrected chi connectivity index (χ3v) is 8.18. The lowest BCUT2D eigenvalue weighted by Gasteiger charge is -2.31. The van der Waals surface area contributed by atoms with Crippen molar-refractivity contribution in [3.63, 3.8) is 0 Å². The van der Waals surface area contributed by atoms with Gasteiger partial charge in [-0.2, -0.15) is 0 Å². The maximum absolute atomic E-state index is 13.9. The van der Waals surface area contributed by atoms with Crippen molar-refractivity contribution in [2.24, 2.45) is 0 Å². The molecule has 2 aromatic carbocycles. The fourth-order valence-electron chi connectivity index (χ4n) is 4.32. The number of carbonyl (C=O) groups excluding carboxylic acids is 1. The van der Waals surface area contributed by atoms with E-state index in [1.807, 2.05) is 42.6 Å². The SMILES string of the molecule is C[Si](C)(C)CCOCn1cc(-c2cccc(F)c2)nc1C1CCN(C(=O)OCc2ccccc2)CC1. The molecule has 1 fully saturated rings. The minimum absolute atomic E-state index is 0.186. The summed E-state index contributed by atoms with van der Waals surface area (Å²) in [5, 5.41) is 0. The summed E-state index contributed by atoms with van der Waals surface area (Å²) in [4.78, 5) is 19.3. The van der Waals surface area contributed by atoms with Gasteiger partial charge in [-0.05, 0) is 36.6 Å². The fourth-order valence-corrected chi connectivity index (χ4v) is 5.08. The molecule has 2 heterocycles. The van der Waals surface area contributed by atoms with Crippen LogP contribution in [-0.2, 0) is 22.8 Å².